The maximum atomic E-state index is 10.5. The summed E-state index contributed by atoms with van der Waals surface area (Å²) in [5, 5.41) is 1.00. The largest absolute Gasteiger partial charge is 0.428 e. The van der Waals surface area contributed by atoms with Gasteiger partial charge in [-0.05, 0) is 44.6 Å². The molecule has 8 nitrogen and oxygen atoms in total. The lowest BCUT2D eigenvalue weighted by molar-refractivity contribution is -0.120. The highest BCUT2D eigenvalue weighted by Crippen LogP contribution is 2.28. The van der Waals surface area contributed by atoms with Gasteiger partial charge in [-0.25, -0.2) is 0 Å². The number of benzene rings is 1. The molecule has 1 aromatic carbocycles. The summed E-state index contributed by atoms with van der Waals surface area (Å²) in [7, 11) is 5.74. The Morgan fingerprint density at radius 1 is 0.968 bits per heavy atom. The summed E-state index contributed by atoms with van der Waals surface area (Å²) < 4.78 is 25.6. The molecule has 2 aromatic rings. The molecule has 8 heteroatoms. The van der Waals surface area contributed by atoms with Crippen LogP contribution in [0.1, 0.15) is 18.9 Å². The van der Waals surface area contributed by atoms with Gasteiger partial charge in [0.05, 0.1) is 39.6 Å². The van der Waals surface area contributed by atoms with Crippen molar-refractivity contribution in [3.63, 3.8) is 0 Å². The highest BCUT2D eigenvalue weighted by molar-refractivity contribution is 5.90. The molecule has 0 saturated carbocycles. The van der Waals surface area contributed by atoms with Crippen LogP contribution in [0.2, 0.25) is 0 Å². The van der Waals surface area contributed by atoms with Crippen molar-refractivity contribution in [2.75, 3.05) is 74.0 Å². The zero-order valence-corrected chi connectivity index (χ0v) is 19.4. The van der Waals surface area contributed by atoms with Crippen molar-refractivity contribution < 1.29 is 28.5 Å². The molecule has 2 rings (SSSR count). The summed E-state index contributed by atoms with van der Waals surface area (Å²) in [4.78, 5) is 15.8. The van der Waals surface area contributed by atoms with E-state index in [2.05, 4.69) is 16.8 Å². The number of carbonyl (C=O) groups excluding carboxylic acids is 1. The Hall–Kier alpha value is -1.97. The van der Waals surface area contributed by atoms with Crippen molar-refractivity contribution in [3.8, 4) is 5.75 Å². The molecule has 0 fully saturated rings. The Bertz CT molecular complexity index is 692. The summed E-state index contributed by atoms with van der Waals surface area (Å²) in [6.07, 6.45) is 3.96. The van der Waals surface area contributed by atoms with Crippen molar-refractivity contribution in [3.05, 3.63) is 30.0 Å². The van der Waals surface area contributed by atoms with Gasteiger partial charge < -0.3 is 33.6 Å². The fourth-order valence-electron chi connectivity index (χ4n) is 2.74. The minimum absolute atomic E-state index is 0.470. The number of hydrogen-bond acceptors (Lipinski definition) is 7. The Morgan fingerprint density at radius 3 is 2.19 bits per heavy atom. The van der Waals surface area contributed by atoms with Gasteiger partial charge in [-0.3, -0.25) is 4.79 Å². The fourth-order valence-corrected chi connectivity index (χ4v) is 2.74. The van der Waals surface area contributed by atoms with E-state index in [-0.39, 0.29) is 0 Å². The van der Waals surface area contributed by atoms with Crippen LogP contribution >= 0.6 is 0 Å². The smallest absolute Gasteiger partial charge is 0.298 e. The third kappa shape index (κ3) is 11.9. The van der Waals surface area contributed by atoms with E-state index in [1.165, 1.54) is 5.56 Å². The Morgan fingerprint density at radius 2 is 1.61 bits per heavy atom. The number of carbonyl (C=O) groups is 1. The van der Waals surface area contributed by atoms with Crippen molar-refractivity contribution in [1.82, 2.24) is 9.88 Å². The minimum Gasteiger partial charge on any atom is -0.428 e. The van der Waals surface area contributed by atoms with Gasteiger partial charge in [0.25, 0.3) is 6.47 Å². The van der Waals surface area contributed by atoms with Gasteiger partial charge in [-0.2, -0.15) is 0 Å². The molecule has 0 aliphatic carbocycles. The van der Waals surface area contributed by atoms with Crippen molar-refractivity contribution in [2.24, 2.45) is 0 Å². The topological polar surface area (TPSA) is 82.2 Å². The van der Waals surface area contributed by atoms with Gasteiger partial charge in [0.15, 0.2) is 0 Å². The van der Waals surface area contributed by atoms with Gasteiger partial charge in [-0.1, -0.05) is 13.0 Å². The highest BCUT2D eigenvalue weighted by atomic mass is 16.6. The van der Waals surface area contributed by atoms with Crippen LogP contribution in [0.4, 0.5) is 0 Å². The number of aromatic nitrogens is 1. The maximum absolute atomic E-state index is 10.5. The molecule has 0 radical (unpaired) electrons. The highest BCUT2D eigenvalue weighted by Gasteiger charge is 2.09. The summed E-state index contributed by atoms with van der Waals surface area (Å²) in [6, 6.07) is 5.66. The SMILES string of the molecule is CCCOCCOCCOCCOC.CN(C)CCc1c[nH]c2cccc(OC=O)c12. The van der Waals surface area contributed by atoms with Crippen LogP contribution in [-0.2, 0) is 30.2 Å². The Labute approximate surface area is 185 Å². The number of nitrogens with zero attached hydrogens (tertiary/aromatic N) is 1. The van der Waals surface area contributed by atoms with Crippen LogP contribution in [0.5, 0.6) is 5.75 Å². The molecule has 0 atom stereocenters. The van der Waals surface area contributed by atoms with E-state index in [0.29, 0.717) is 51.9 Å². The zero-order chi connectivity index (χ0) is 22.7. The van der Waals surface area contributed by atoms with Gasteiger partial charge in [0.1, 0.15) is 5.75 Å². The fraction of sp³-hybridized carbons (Fsp3) is 0.609. The summed E-state index contributed by atoms with van der Waals surface area (Å²) in [5.74, 6) is 0.618. The van der Waals surface area contributed by atoms with Crippen LogP contribution in [0.15, 0.2) is 24.4 Å². The standard InChI is InChI=1S/C13H16N2O2.C10H22O4/c1-15(2)7-6-10-8-14-11-4-3-5-12(13(10)11)17-9-16;1-3-4-12-7-8-14-10-9-13-6-5-11-2/h3-5,8-9,14H,6-7H2,1-2H3;3-10H2,1-2H3. The molecule has 0 aliphatic rings. The van der Waals surface area contributed by atoms with E-state index in [1.807, 2.05) is 38.5 Å². The number of nitrogens with one attached hydrogen (secondary N) is 1. The predicted molar refractivity (Wildman–Crippen MR) is 122 cm³/mol. The van der Waals surface area contributed by atoms with Crippen LogP contribution in [0.25, 0.3) is 10.9 Å². The number of hydrogen-bond donors (Lipinski definition) is 1. The average molecular weight is 439 g/mol. The van der Waals surface area contributed by atoms with E-state index in [0.717, 1.165) is 36.9 Å². The zero-order valence-electron chi connectivity index (χ0n) is 19.4. The molecule has 176 valence electrons. The first-order chi connectivity index (χ1) is 15.1. The van der Waals surface area contributed by atoms with E-state index in [9.17, 15) is 4.79 Å². The first-order valence-electron chi connectivity index (χ1n) is 10.7. The number of aromatic amines is 1. The number of fused-ring (bicyclic) bond motifs is 1. The van der Waals surface area contributed by atoms with E-state index in [1.54, 1.807) is 7.11 Å². The van der Waals surface area contributed by atoms with Crippen LogP contribution in [0.3, 0.4) is 0 Å². The van der Waals surface area contributed by atoms with Gasteiger partial charge >= 0.3 is 0 Å². The molecule has 1 heterocycles. The Balaban J connectivity index is 0.000000318. The monoisotopic (exact) mass is 438 g/mol. The molecule has 31 heavy (non-hydrogen) atoms. The summed E-state index contributed by atoms with van der Waals surface area (Å²) >= 11 is 0. The van der Waals surface area contributed by atoms with Gasteiger partial charge in [-0.15, -0.1) is 0 Å². The van der Waals surface area contributed by atoms with E-state index >= 15 is 0 Å². The quantitative estimate of drug-likeness (QED) is 0.319. The molecule has 0 unspecified atom stereocenters. The summed E-state index contributed by atoms with van der Waals surface area (Å²) in [6.45, 7) is 8.17. The maximum Gasteiger partial charge on any atom is 0.298 e. The predicted octanol–water partition coefficient (Wildman–Crippen LogP) is 2.90. The molecular formula is C23H38N2O6. The second-order valence-corrected chi connectivity index (χ2v) is 7.09. The number of methoxy groups -OCH3 is 1. The number of likely N-dealkylation sites (N-methyl/N-ethyl adjacent to an activating group) is 1. The first kappa shape index (κ1) is 27.1. The van der Waals surface area contributed by atoms with Crippen LogP contribution in [0, 0.1) is 0 Å². The number of rotatable bonds is 16. The first-order valence-corrected chi connectivity index (χ1v) is 10.7. The van der Waals surface area contributed by atoms with E-state index < -0.39 is 0 Å². The summed E-state index contributed by atoms with van der Waals surface area (Å²) in [5.41, 5.74) is 2.17. The third-order valence-corrected chi connectivity index (χ3v) is 4.28. The van der Waals surface area contributed by atoms with Crippen molar-refractivity contribution >= 4 is 17.4 Å². The van der Waals surface area contributed by atoms with Crippen LogP contribution in [-0.4, -0.2) is 90.4 Å². The van der Waals surface area contributed by atoms with Gasteiger partial charge in [0.2, 0.25) is 0 Å². The van der Waals surface area contributed by atoms with Crippen molar-refractivity contribution in [1.29, 1.82) is 0 Å². The normalized spacial score (nSPS) is 10.9. The number of ether oxygens (including phenoxy) is 5. The lowest BCUT2D eigenvalue weighted by Gasteiger charge is -2.09. The lowest BCUT2D eigenvalue weighted by atomic mass is 10.1. The molecule has 1 N–H and O–H groups in total. The van der Waals surface area contributed by atoms with E-state index in [4.69, 9.17) is 23.7 Å². The van der Waals surface area contributed by atoms with Crippen LogP contribution < -0.4 is 4.74 Å². The molecule has 0 spiro atoms. The van der Waals surface area contributed by atoms with Crippen molar-refractivity contribution in [2.45, 2.75) is 19.8 Å². The lowest BCUT2D eigenvalue weighted by Crippen LogP contribution is -2.14. The molecule has 0 bridgehead atoms. The molecular weight excluding hydrogens is 400 g/mol. The average Bonchev–Trinajstić information content (AvgIpc) is 3.18. The number of H-pyrrole nitrogens is 1. The molecule has 1 aromatic heterocycles. The second kappa shape index (κ2) is 17.7. The molecule has 0 aliphatic heterocycles. The minimum atomic E-state index is 0.470. The molecule has 0 saturated heterocycles. The second-order valence-electron chi connectivity index (χ2n) is 7.09. The Kier molecular flexibility index (Phi) is 15.4. The third-order valence-electron chi connectivity index (χ3n) is 4.28. The molecule has 0 amide bonds. The van der Waals surface area contributed by atoms with Gasteiger partial charge in [0, 0.05) is 37.4 Å².